The van der Waals surface area contributed by atoms with Gasteiger partial charge in [0.05, 0.1) is 28.2 Å². The highest BCUT2D eigenvalue weighted by atomic mass is 19.1. The molecule has 0 fully saturated rings. The van der Waals surface area contributed by atoms with Gasteiger partial charge in [-0.25, -0.2) is 9.37 Å². The van der Waals surface area contributed by atoms with Crippen LogP contribution in [0.5, 0.6) is 0 Å². The Labute approximate surface area is 161 Å². The average Bonchev–Trinajstić information content (AvgIpc) is 3.02. The van der Waals surface area contributed by atoms with Gasteiger partial charge in [-0.1, -0.05) is 24.3 Å². The Hall–Kier alpha value is -3.54. The van der Waals surface area contributed by atoms with Gasteiger partial charge in [0.25, 0.3) is 5.91 Å². The maximum atomic E-state index is 14.1. The molecule has 0 aliphatic heterocycles. The summed E-state index contributed by atoms with van der Waals surface area (Å²) in [4.78, 5) is 17.7. The molecule has 0 saturated carbocycles. The first-order valence-corrected chi connectivity index (χ1v) is 8.90. The standard InChI is InChI=1S/C22H19FN4O/c1-13-8-9-18(23)21(10-13)25-22(28)16-11-20(17-12-27(3)26-14(17)2)24-19-7-5-4-6-15(16)19/h4-12H,1-3H3,(H,25,28). The number of fused-ring (bicyclic) bond motifs is 1. The largest absolute Gasteiger partial charge is 0.319 e. The van der Waals surface area contributed by atoms with Crippen LogP contribution in [0.3, 0.4) is 0 Å². The first kappa shape index (κ1) is 17.9. The van der Waals surface area contributed by atoms with Gasteiger partial charge in [0, 0.05) is 24.2 Å². The number of aryl methyl sites for hydroxylation is 3. The quantitative estimate of drug-likeness (QED) is 0.568. The van der Waals surface area contributed by atoms with Crippen LogP contribution >= 0.6 is 0 Å². The van der Waals surface area contributed by atoms with Crippen LogP contribution in [-0.4, -0.2) is 20.7 Å². The van der Waals surface area contributed by atoms with E-state index in [0.29, 0.717) is 22.2 Å². The van der Waals surface area contributed by atoms with Gasteiger partial charge in [-0.2, -0.15) is 5.10 Å². The molecule has 140 valence electrons. The lowest BCUT2D eigenvalue weighted by Crippen LogP contribution is -2.14. The smallest absolute Gasteiger partial charge is 0.256 e. The zero-order valence-corrected chi connectivity index (χ0v) is 15.8. The number of carbonyl (C=O) groups is 1. The number of hydrogen-bond acceptors (Lipinski definition) is 3. The van der Waals surface area contributed by atoms with Crippen molar-refractivity contribution >= 4 is 22.5 Å². The van der Waals surface area contributed by atoms with Crippen molar-refractivity contribution in [3.05, 3.63) is 77.4 Å². The molecule has 2 aromatic heterocycles. The molecule has 0 saturated heterocycles. The lowest BCUT2D eigenvalue weighted by atomic mass is 10.0. The van der Waals surface area contributed by atoms with Crippen molar-refractivity contribution in [3.8, 4) is 11.3 Å². The molecule has 0 unspecified atom stereocenters. The van der Waals surface area contributed by atoms with E-state index in [1.54, 1.807) is 22.9 Å². The monoisotopic (exact) mass is 374 g/mol. The maximum Gasteiger partial charge on any atom is 0.256 e. The van der Waals surface area contributed by atoms with Crippen molar-refractivity contribution < 1.29 is 9.18 Å². The van der Waals surface area contributed by atoms with Gasteiger partial charge in [0.1, 0.15) is 5.82 Å². The number of hydrogen-bond donors (Lipinski definition) is 1. The third kappa shape index (κ3) is 3.24. The van der Waals surface area contributed by atoms with Crippen molar-refractivity contribution in [3.63, 3.8) is 0 Å². The van der Waals surface area contributed by atoms with Crippen LogP contribution in [0.25, 0.3) is 22.2 Å². The van der Waals surface area contributed by atoms with E-state index in [1.807, 2.05) is 51.4 Å². The predicted molar refractivity (Wildman–Crippen MR) is 108 cm³/mol. The number of amides is 1. The fourth-order valence-electron chi connectivity index (χ4n) is 3.28. The van der Waals surface area contributed by atoms with E-state index in [-0.39, 0.29) is 11.6 Å². The molecular weight excluding hydrogens is 355 g/mol. The summed E-state index contributed by atoms with van der Waals surface area (Å²) in [6.07, 6.45) is 1.87. The molecule has 0 aliphatic rings. The minimum absolute atomic E-state index is 0.157. The number of nitrogens with zero attached hydrogens (tertiary/aromatic N) is 3. The fraction of sp³-hybridized carbons (Fsp3) is 0.136. The fourth-order valence-corrected chi connectivity index (χ4v) is 3.28. The van der Waals surface area contributed by atoms with Crippen molar-refractivity contribution in [2.24, 2.45) is 7.05 Å². The highest BCUT2D eigenvalue weighted by Crippen LogP contribution is 2.27. The Balaban J connectivity index is 1.84. The van der Waals surface area contributed by atoms with Crippen molar-refractivity contribution in [1.29, 1.82) is 0 Å². The minimum Gasteiger partial charge on any atom is -0.319 e. The maximum absolute atomic E-state index is 14.1. The summed E-state index contributed by atoms with van der Waals surface area (Å²) in [7, 11) is 1.84. The molecule has 4 aromatic rings. The van der Waals surface area contributed by atoms with Gasteiger partial charge in [0.2, 0.25) is 0 Å². The van der Waals surface area contributed by atoms with Crippen LogP contribution in [0.1, 0.15) is 21.6 Å². The zero-order chi connectivity index (χ0) is 19.8. The number of halogens is 1. The molecule has 4 rings (SSSR count). The number of pyridine rings is 1. The SMILES string of the molecule is Cc1ccc(F)c(NC(=O)c2cc(-c3cn(C)nc3C)nc3ccccc23)c1. The van der Waals surface area contributed by atoms with Gasteiger partial charge < -0.3 is 5.32 Å². The van der Waals surface area contributed by atoms with E-state index in [9.17, 15) is 9.18 Å². The second-order valence-electron chi connectivity index (χ2n) is 6.81. The first-order valence-electron chi connectivity index (χ1n) is 8.90. The van der Waals surface area contributed by atoms with Crippen molar-refractivity contribution in [2.75, 3.05) is 5.32 Å². The van der Waals surface area contributed by atoms with Crippen LogP contribution in [-0.2, 0) is 7.05 Å². The molecule has 5 nitrogen and oxygen atoms in total. The third-order valence-electron chi connectivity index (χ3n) is 4.62. The van der Waals surface area contributed by atoms with Crippen molar-refractivity contribution in [1.82, 2.24) is 14.8 Å². The van der Waals surface area contributed by atoms with Crippen LogP contribution in [0.2, 0.25) is 0 Å². The Morgan fingerprint density at radius 2 is 1.89 bits per heavy atom. The summed E-state index contributed by atoms with van der Waals surface area (Å²) < 4.78 is 15.8. The Morgan fingerprint density at radius 3 is 2.64 bits per heavy atom. The third-order valence-corrected chi connectivity index (χ3v) is 4.62. The van der Waals surface area contributed by atoms with Gasteiger partial charge in [-0.3, -0.25) is 9.48 Å². The molecule has 2 heterocycles. The van der Waals surface area contributed by atoms with Gasteiger partial charge in [-0.15, -0.1) is 0 Å². The summed E-state index contributed by atoms with van der Waals surface area (Å²) in [6.45, 7) is 3.74. The second-order valence-corrected chi connectivity index (χ2v) is 6.81. The molecule has 0 bridgehead atoms. The van der Waals surface area contributed by atoms with E-state index in [1.165, 1.54) is 6.07 Å². The van der Waals surface area contributed by atoms with Crippen LogP contribution in [0, 0.1) is 19.7 Å². The second kappa shape index (κ2) is 6.88. The molecule has 0 radical (unpaired) electrons. The van der Waals surface area contributed by atoms with Gasteiger partial charge >= 0.3 is 0 Å². The Kier molecular flexibility index (Phi) is 4.39. The molecule has 0 spiro atoms. The molecular formula is C22H19FN4O. The van der Waals surface area contributed by atoms with E-state index < -0.39 is 5.82 Å². The molecule has 1 N–H and O–H groups in total. The van der Waals surface area contributed by atoms with Crippen molar-refractivity contribution in [2.45, 2.75) is 13.8 Å². The van der Waals surface area contributed by atoms with E-state index in [4.69, 9.17) is 4.98 Å². The number of para-hydroxylation sites is 1. The summed E-state index contributed by atoms with van der Waals surface area (Å²) in [6, 6.07) is 13.8. The molecule has 0 atom stereocenters. The Morgan fingerprint density at radius 1 is 1.11 bits per heavy atom. The average molecular weight is 374 g/mol. The first-order chi connectivity index (χ1) is 13.4. The summed E-state index contributed by atoms with van der Waals surface area (Å²) in [5.74, 6) is -0.855. The normalized spacial score (nSPS) is 11.0. The number of benzene rings is 2. The molecule has 28 heavy (non-hydrogen) atoms. The highest BCUT2D eigenvalue weighted by Gasteiger charge is 2.17. The van der Waals surface area contributed by atoms with E-state index in [0.717, 1.165) is 16.8 Å². The van der Waals surface area contributed by atoms with E-state index in [2.05, 4.69) is 10.4 Å². The lowest BCUT2D eigenvalue weighted by molar-refractivity contribution is 0.102. The topological polar surface area (TPSA) is 59.8 Å². The summed E-state index contributed by atoms with van der Waals surface area (Å²) >= 11 is 0. The van der Waals surface area contributed by atoms with Gasteiger partial charge in [-0.05, 0) is 43.7 Å². The zero-order valence-electron chi connectivity index (χ0n) is 15.8. The molecule has 2 aromatic carbocycles. The number of nitrogens with one attached hydrogen (secondary N) is 1. The number of carbonyl (C=O) groups excluding carboxylic acids is 1. The molecule has 0 aliphatic carbocycles. The van der Waals surface area contributed by atoms with Gasteiger partial charge in [0.15, 0.2) is 0 Å². The van der Waals surface area contributed by atoms with E-state index >= 15 is 0 Å². The van der Waals surface area contributed by atoms with Crippen LogP contribution in [0.4, 0.5) is 10.1 Å². The minimum atomic E-state index is -0.472. The number of anilines is 1. The summed E-state index contributed by atoms with van der Waals surface area (Å²) in [5.41, 5.74) is 4.47. The van der Waals surface area contributed by atoms with Crippen LogP contribution < -0.4 is 5.32 Å². The lowest BCUT2D eigenvalue weighted by Gasteiger charge is -2.11. The van der Waals surface area contributed by atoms with Crippen LogP contribution in [0.15, 0.2) is 54.7 Å². The molecule has 1 amide bonds. The Bertz CT molecular complexity index is 1210. The molecule has 6 heteroatoms. The number of aromatic nitrogens is 3. The summed E-state index contributed by atoms with van der Waals surface area (Å²) in [5, 5.41) is 7.76. The predicted octanol–water partition coefficient (Wildman–Crippen LogP) is 4.64. The number of rotatable bonds is 3. The highest BCUT2D eigenvalue weighted by molar-refractivity contribution is 6.13.